The molecular weight excluding hydrogens is 260 g/mol. The van der Waals surface area contributed by atoms with Gasteiger partial charge in [-0.3, -0.25) is 4.79 Å². The maximum Gasteiger partial charge on any atom is 0.220 e. The van der Waals surface area contributed by atoms with Crippen molar-refractivity contribution in [1.29, 1.82) is 0 Å². The molecule has 0 bridgehead atoms. The van der Waals surface area contributed by atoms with E-state index in [4.69, 9.17) is 0 Å². The van der Waals surface area contributed by atoms with E-state index in [9.17, 15) is 4.79 Å². The van der Waals surface area contributed by atoms with Crippen LogP contribution in [0.4, 0.5) is 0 Å². The SMILES string of the molecule is Cl.O=C(CC1CC1)NCC1NCCc2ccccc21. The highest BCUT2D eigenvalue weighted by Crippen LogP contribution is 2.32. The molecule has 0 spiro atoms. The molecule has 19 heavy (non-hydrogen) atoms. The highest BCUT2D eigenvalue weighted by molar-refractivity contribution is 5.85. The van der Waals surface area contributed by atoms with Gasteiger partial charge in [0.15, 0.2) is 0 Å². The first-order valence-corrected chi connectivity index (χ1v) is 6.91. The van der Waals surface area contributed by atoms with Crippen LogP contribution in [0.5, 0.6) is 0 Å². The van der Waals surface area contributed by atoms with E-state index in [2.05, 4.69) is 34.9 Å². The summed E-state index contributed by atoms with van der Waals surface area (Å²) in [6, 6.07) is 8.80. The summed E-state index contributed by atoms with van der Waals surface area (Å²) in [5.74, 6) is 0.874. The van der Waals surface area contributed by atoms with Crippen molar-refractivity contribution in [3.63, 3.8) is 0 Å². The molecule has 1 atom stereocenters. The van der Waals surface area contributed by atoms with Crippen molar-refractivity contribution in [3.05, 3.63) is 35.4 Å². The summed E-state index contributed by atoms with van der Waals surface area (Å²) >= 11 is 0. The van der Waals surface area contributed by atoms with E-state index in [0.717, 1.165) is 13.0 Å². The average Bonchev–Trinajstić information content (AvgIpc) is 3.20. The van der Waals surface area contributed by atoms with Gasteiger partial charge in [0.2, 0.25) is 5.91 Å². The van der Waals surface area contributed by atoms with Crippen molar-refractivity contribution < 1.29 is 4.79 Å². The minimum absolute atomic E-state index is 0. The van der Waals surface area contributed by atoms with E-state index in [-0.39, 0.29) is 24.4 Å². The van der Waals surface area contributed by atoms with E-state index in [1.54, 1.807) is 0 Å². The van der Waals surface area contributed by atoms with E-state index in [0.29, 0.717) is 18.9 Å². The number of rotatable bonds is 4. The van der Waals surface area contributed by atoms with Crippen LogP contribution in [-0.2, 0) is 11.2 Å². The first kappa shape index (κ1) is 14.4. The topological polar surface area (TPSA) is 41.1 Å². The predicted molar refractivity (Wildman–Crippen MR) is 78.5 cm³/mol. The smallest absolute Gasteiger partial charge is 0.220 e. The van der Waals surface area contributed by atoms with E-state index < -0.39 is 0 Å². The lowest BCUT2D eigenvalue weighted by Gasteiger charge is -2.27. The Labute approximate surface area is 120 Å². The first-order valence-electron chi connectivity index (χ1n) is 6.91. The van der Waals surface area contributed by atoms with Gasteiger partial charge in [-0.1, -0.05) is 24.3 Å². The third-order valence-corrected chi connectivity index (χ3v) is 3.89. The van der Waals surface area contributed by atoms with Crippen LogP contribution in [0.1, 0.15) is 36.4 Å². The quantitative estimate of drug-likeness (QED) is 0.888. The molecule has 1 heterocycles. The van der Waals surface area contributed by atoms with Crippen LogP contribution >= 0.6 is 12.4 Å². The highest BCUT2D eigenvalue weighted by Gasteiger charge is 2.25. The van der Waals surface area contributed by atoms with Crippen molar-refractivity contribution in [1.82, 2.24) is 10.6 Å². The van der Waals surface area contributed by atoms with Crippen molar-refractivity contribution in [2.75, 3.05) is 13.1 Å². The maximum absolute atomic E-state index is 11.7. The molecule has 1 unspecified atom stereocenters. The Morgan fingerprint density at radius 3 is 2.89 bits per heavy atom. The van der Waals surface area contributed by atoms with Gasteiger partial charge in [0, 0.05) is 19.0 Å². The standard InChI is InChI=1S/C15H20N2O.ClH/c18-15(9-11-5-6-11)17-10-14-13-4-2-1-3-12(13)7-8-16-14;/h1-4,11,14,16H,5-10H2,(H,17,18);1H. The van der Waals surface area contributed by atoms with Gasteiger partial charge in [-0.05, 0) is 42.9 Å². The van der Waals surface area contributed by atoms with Crippen LogP contribution in [0.15, 0.2) is 24.3 Å². The zero-order chi connectivity index (χ0) is 12.4. The lowest BCUT2D eigenvalue weighted by Crippen LogP contribution is -2.38. The van der Waals surface area contributed by atoms with Gasteiger partial charge in [-0.25, -0.2) is 0 Å². The molecule has 1 aromatic carbocycles. The lowest BCUT2D eigenvalue weighted by atomic mass is 9.94. The Morgan fingerprint density at radius 1 is 1.32 bits per heavy atom. The number of benzene rings is 1. The maximum atomic E-state index is 11.7. The summed E-state index contributed by atoms with van der Waals surface area (Å²) < 4.78 is 0. The predicted octanol–water partition coefficient (Wildman–Crippen LogP) is 2.21. The number of hydrogen-bond donors (Lipinski definition) is 2. The zero-order valence-electron chi connectivity index (χ0n) is 11.0. The van der Waals surface area contributed by atoms with E-state index in [1.807, 2.05) is 0 Å². The number of nitrogens with one attached hydrogen (secondary N) is 2. The Balaban J connectivity index is 0.00000133. The summed E-state index contributed by atoms with van der Waals surface area (Å²) in [4.78, 5) is 11.7. The molecule has 1 fully saturated rings. The minimum atomic E-state index is 0. The molecule has 1 aliphatic carbocycles. The second-order valence-corrected chi connectivity index (χ2v) is 5.41. The molecule has 0 radical (unpaired) electrons. The molecular formula is C15H21ClN2O. The average molecular weight is 281 g/mol. The number of amides is 1. The molecule has 2 N–H and O–H groups in total. The van der Waals surface area contributed by atoms with Crippen molar-refractivity contribution >= 4 is 18.3 Å². The van der Waals surface area contributed by atoms with Gasteiger partial charge in [0.25, 0.3) is 0 Å². The fraction of sp³-hybridized carbons (Fsp3) is 0.533. The summed E-state index contributed by atoms with van der Waals surface area (Å²) in [5.41, 5.74) is 2.76. The summed E-state index contributed by atoms with van der Waals surface area (Å²) in [5, 5.41) is 6.55. The van der Waals surface area contributed by atoms with Gasteiger partial charge in [0.05, 0.1) is 0 Å². The first-order chi connectivity index (χ1) is 8.83. The molecule has 4 heteroatoms. The van der Waals surface area contributed by atoms with Gasteiger partial charge in [-0.15, -0.1) is 12.4 Å². The number of fused-ring (bicyclic) bond motifs is 1. The highest BCUT2D eigenvalue weighted by atomic mass is 35.5. The van der Waals surface area contributed by atoms with Crippen LogP contribution in [0.3, 0.4) is 0 Å². The fourth-order valence-electron chi connectivity index (χ4n) is 2.65. The second kappa shape index (κ2) is 6.40. The molecule has 0 saturated heterocycles. The van der Waals surface area contributed by atoms with E-state index >= 15 is 0 Å². The van der Waals surface area contributed by atoms with E-state index in [1.165, 1.54) is 24.0 Å². The molecule has 104 valence electrons. The Kier molecular flexibility index (Phi) is 4.83. The van der Waals surface area contributed by atoms with Gasteiger partial charge in [0.1, 0.15) is 0 Å². The Morgan fingerprint density at radius 2 is 2.11 bits per heavy atom. The third-order valence-electron chi connectivity index (χ3n) is 3.89. The molecule has 1 aromatic rings. The zero-order valence-corrected chi connectivity index (χ0v) is 11.8. The van der Waals surface area contributed by atoms with Crippen molar-refractivity contribution in [3.8, 4) is 0 Å². The van der Waals surface area contributed by atoms with Crippen molar-refractivity contribution in [2.45, 2.75) is 31.7 Å². The van der Waals surface area contributed by atoms with Crippen LogP contribution < -0.4 is 10.6 Å². The lowest BCUT2D eigenvalue weighted by molar-refractivity contribution is -0.121. The normalized spacial score (nSPS) is 21.2. The van der Waals surface area contributed by atoms with Crippen LogP contribution in [0.25, 0.3) is 0 Å². The van der Waals surface area contributed by atoms with Crippen molar-refractivity contribution in [2.24, 2.45) is 5.92 Å². The fourth-order valence-corrected chi connectivity index (χ4v) is 2.65. The molecule has 3 nitrogen and oxygen atoms in total. The number of carbonyl (C=O) groups is 1. The Bertz CT molecular complexity index is 446. The van der Waals surface area contributed by atoms with Crippen LogP contribution in [0, 0.1) is 5.92 Å². The summed E-state index contributed by atoms with van der Waals surface area (Å²) in [6.45, 7) is 1.71. The molecule has 1 aliphatic heterocycles. The minimum Gasteiger partial charge on any atom is -0.354 e. The van der Waals surface area contributed by atoms with Gasteiger partial charge >= 0.3 is 0 Å². The van der Waals surface area contributed by atoms with Crippen LogP contribution in [0.2, 0.25) is 0 Å². The number of hydrogen-bond acceptors (Lipinski definition) is 2. The van der Waals surface area contributed by atoms with Crippen LogP contribution in [-0.4, -0.2) is 19.0 Å². The molecule has 0 aromatic heterocycles. The Hall–Kier alpha value is -1.06. The summed E-state index contributed by atoms with van der Waals surface area (Å²) in [7, 11) is 0. The second-order valence-electron chi connectivity index (χ2n) is 5.41. The summed E-state index contributed by atoms with van der Waals surface area (Å²) in [6.07, 6.45) is 4.27. The largest absolute Gasteiger partial charge is 0.354 e. The molecule has 1 amide bonds. The number of halogens is 1. The molecule has 2 aliphatic rings. The number of carbonyl (C=O) groups excluding carboxylic acids is 1. The van der Waals surface area contributed by atoms with Gasteiger partial charge < -0.3 is 10.6 Å². The molecule has 1 saturated carbocycles. The molecule has 3 rings (SSSR count). The third kappa shape index (κ3) is 3.71. The monoisotopic (exact) mass is 280 g/mol. The van der Waals surface area contributed by atoms with Gasteiger partial charge in [-0.2, -0.15) is 0 Å².